The van der Waals surface area contributed by atoms with Crippen molar-refractivity contribution in [1.29, 1.82) is 0 Å². The lowest BCUT2D eigenvalue weighted by Gasteiger charge is -2.50. The average molecular weight is 627 g/mol. The Bertz CT molecular complexity index is 1640. The van der Waals surface area contributed by atoms with Gasteiger partial charge >= 0.3 is 11.9 Å². The highest BCUT2D eigenvalue weighted by atomic mass is 16.6. The maximum absolute atomic E-state index is 14.0. The summed E-state index contributed by atoms with van der Waals surface area (Å²) in [5, 5.41) is 33.9. The second-order valence-electron chi connectivity index (χ2n) is 13.3. The second-order valence-corrected chi connectivity index (χ2v) is 13.3. The number of phenolic OH excluding ortho intramolecular Hbond substituents is 1. The number of ether oxygens (including phenoxy) is 2. The predicted molar refractivity (Wildman–Crippen MR) is 170 cm³/mol. The smallest absolute Gasteiger partial charge is 0.334 e. The molecule has 2 aromatic carbocycles. The number of hydrogen-bond donors (Lipinski definition) is 3. The van der Waals surface area contributed by atoms with Gasteiger partial charge < -0.3 is 24.8 Å². The summed E-state index contributed by atoms with van der Waals surface area (Å²) >= 11 is 0. The Kier molecular flexibility index (Phi) is 9.09. The minimum absolute atomic E-state index is 0.00757. The highest BCUT2D eigenvalue weighted by Crippen LogP contribution is 2.50. The number of cyclic esters (lactones) is 1. The molecule has 8 heteroatoms. The van der Waals surface area contributed by atoms with Gasteiger partial charge in [0.2, 0.25) is 0 Å². The van der Waals surface area contributed by atoms with Crippen LogP contribution in [-0.4, -0.2) is 44.7 Å². The zero-order valence-electron chi connectivity index (χ0n) is 26.5. The summed E-state index contributed by atoms with van der Waals surface area (Å²) < 4.78 is 12.0. The zero-order valence-corrected chi connectivity index (χ0v) is 26.5. The number of carbonyl (C=O) groups excluding carboxylic acids is 3. The quantitative estimate of drug-likeness (QED) is 0.180. The van der Waals surface area contributed by atoms with Crippen LogP contribution in [0.5, 0.6) is 11.5 Å². The molecule has 0 amide bonds. The highest BCUT2D eigenvalue weighted by Gasteiger charge is 2.53. The van der Waals surface area contributed by atoms with Crippen LogP contribution in [0.4, 0.5) is 0 Å². The number of esters is 2. The van der Waals surface area contributed by atoms with Gasteiger partial charge in [0.25, 0.3) is 0 Å². The summed E-state index contributed by atoms with van der Waals surface area (Å²) in [6, 6.07) is 9.22. The lowest BCUT2D eigenvalue weighted by molar-refractivity contribution is -0.187. The number of allylic oxidation sites excluding steroid dienone is 1. The molecule has 3 N–H and O–H groups in total. The van der Waals surface area contributed by atoms with Gasteiger partial charge in [-0.1, -0.05) is 55.5 Å². The topological polar surface area (TPSA) is 130 Å². The van der Waals surface area contributed by atoms with Crippen LogP contribution >= 0.6 is 0 Å². The Morgan fingerprint density at radius 1 is 1.04 bits per heavy atom. The Morgan fingerprint density at radius 2 is 1.85 bits per heavy atom. The third-order valence-electron chi connectivity index (χ3n) is 10.6. The Hall–Kier alpha value is -3.93. The lowest BCUT2D eigenvalue weighted by Crippen LogP contribution is -2.57. The molecular formula is C38H42O8. The van der Waals surface area contributed by atoms with Crippen LogP contribution in [0.1, 0.15) is 105 Å². The van der Waals surface area contributed by atoms with Gasteiger partial charge in [-0.2, -0.15) is 0 Å². The summed E-state index contributed by atoms with van der Waals surface area (Å²) in [6.07, 6.45) is 4.67. The molecule has 2 bridgehead atoms. The van der Waals surface area contributed by atoms with Crippen molar-refractivity contribution in [1.82, 2.24) is 0 Å². The molecule has 0 spiro atoms. The first kappa shape index (κ1) is 32.0. The highest BCUT2D eigenvalue weighted by molar-refractivity contribution is 5.89. The van der Waals surface area contributed by atoms with E-state index in [0.717, 1.165) is 12.0 Å². The number of aromatic hydroxyl groups is 1. The number of aliphatic hydroxyl groups is 2. The van der Waals surface area contributed by atoms with E-state index in [4.69, 9.17) is 9.47 Å². The standard InChI is InChI=1S/C38H42O8/c1-3-23-16-25(24-8-5-7-22(15-24)21-39)10-11-26-20-34(41)46-36-30(4-2)35(42)28(18-31(26)36)19-33(45-37(23)43)38(44)14-6-9-27-17-29(40)12-13-32(27)38/h3,5,7-8,15,18,25-27,32-33,39,42,44H,4,6,9,12-14,16-17,19-21H2,1-2H3/b23-3-/t25-,26-,27-,32+,33+,38-/m0/s1. The first-order valence-electron chi connectivity index (χ1n) is 16.5. The third kappa shape index (κ3) is 5.99. The van der Waals surface area contributed by atoms with Gasteiger partial charge in [-0.15, -0.1) is 0 Å². The van der Waals surface area contributed by atoms with Crippen molar-refractivity contribution in [3.63, 3.8) is 0 Å². The predicted octanol–water partition coefficient (Wildman–Crippen LogP) is 5.33. The van der Waals surface area contributed by atoms with Crippen LogP contribution in [0.2, 0.25) is 0 Å². The van der Waals surface area contributed by atoms with Crippen molar-refractivity contribution in [2.45, 2.75) is 108 Å². The van der Waals surface area contributed by atoms with E-state index in [1.165, 1.54) is 0 Å². The third-order valence-corrected chi connectivity index (χ3v) is 10.6. The summed E-state index contributed by atoms with van der Waals surface area (Å²) in [5.74, 6) is 4.96. The molecular weight excluding hydrogens is 584 g/mol. The summed E-state index contributed by atoms with van der Waals surface area (Å²) in [5.41, 5.74) is 2.18. The molecule has 2 saturated carbocycles. The van der Waals surface area contributed by atoms with Crippen molar-refractivity contribution in [2.24, 2.45) is 11.8 Å². The van der Waals surface area contributed by atoms with Gasteiger partial charge in [-0.05, 0) is 73.6 Å². The number of benzene rings is 2. The van der Waals surface area contributed by atoms with E-state index in [9.17, 15) is 29.7 Å². The molecule has 2 aliphatic heterocycles. The van der Waals surface area contributed by atoms with Crippen molar-refractivity contribution in [3.8, 4) is 23.3 Å². The summed E-state index contributed by atoms with van der Waals surface area (Å²) in [6.45, 7) is 3.49. The normalized spacial score (nSPS) is 30.5. The van der Waals surface area contributed by atoms with E-state index in [2.05, 4.69) is 11.8 Å². The molecule has 242 valence electrons. The van der Waals surface area contributed by atoms with Crippen LogP contribution in [0.3, 0.4) is 0 Å². The van der Waals surface area contributed by atoms with Gasteiger partial charge in [0.05, 0.1) is 18.9 Å². The fourth-order valence-corrected chi connectivity index (χ4v) is 8.13. The fraction of sp³-hybridized carbons (Fsp3) is 0.500. The number of hydrogen-bond acceptors (Lipinski definition) is 8. The van der Waals surface area contributed by atoms with E-state index < -0.39 is 35.5 Å². The van der Waals surface area contributed by atoms with Crippen molar-refractivity contribution in [2.75, 3.05) is 0 Å². The molecule has 6 atom stereocenters. The largest absolute Gasteiger partial charge is 0.507 e. The number of carbonyl (C=O) groups is 3. The van der Waals surface area contributed by atoms with E-state index in [1.54, 1.807) is 19.1 Å². The van der Waals surface area contributed by atoms with Gasteiger partial charge in [-0.25, -0.2) is 4.79 Å². The van der Waals surface area contributed by atoms with Crippen LogP contribution < -0.4 is 4.74 Å². The number of ketones is 1. The van der Waals surface area contributed by atoms with Gasteiger partial charge in [-0.3, -0.25) is 9.59 Å². The number of phenols is 1. The number of rotatable bonds is 4. The molecule has 8 nitrogen and oxygen atoms in total. The van der Waals surface area contributed by atoms with Crippen molar-refractivity contribution < 1.29 is 39.2 Å². The minimum Gasteiger partial charge on any atom is -0.507 e. The Balaban J connectivity index is 1.51. The second kappa shape index (κ2) is 13.1. The number of fused-ring (bicyclic) bond motifs is 2. The maximum Gasteiger partial charge on any atom is 0.334 e. The van der Waals surface area contributed by atoms with Crippen LogP contribution in [0.15, 0.2) is 42.0 Å². The minimum atomic E-state index is -1.40. The molecule has 4 aliphatic rings. The molecule has 2 heterocycles. The lowest BCUT2D eigenvalue weighted by atomic mass is 9.60. The maximum atomic E-state index is 14.0. The van der Waals surface area contributed by atoms with E-state index in [1.807, 2.05) is 31.2 Å². The Labute approximate surface area is 269 Å². The monoisotopic (exact) mass is 626 g/mol. The summed E-state index contributed by atoms with van der Waals surface area (Å²) in [4.78, 5) is 39.3. The summed E-state index contributed by atoms with van der Waals surface area (Å²) in [7, 11) is 0. The number of Topliss-reactive ketones (excluding diaryl/α,β-unsaturated/α-hetero) is 1. The van der Waals surface area contributed by atoms with Gasteiger partial charge in [0.15, 0.2) is 0 Å². The van der Waals surface area contributed by atoms with Gasteiger partial charge in [0.1, 0.15) is 29.0 Å². The van der Waals surface area contributed by atoms with E-state index in [-0.39, 0.29) is 49.2 Å². The van der Waals surface area contributed by atoms with Crippen LogP contribution in [-0.2, 0) is 38.6 Å². The molecule has 46 heavy (non-hydrogen) atoms. The molecule has 2 aromatic rings. The average Bonchev–Trinajstić information content (AvgIpc) is 3.05. The SMILES string of the molecule is C/C=C1/C[C@@H](c2cccc(CO)c2)C#C[C@H]2CC(=O)Oc3c2cc(c(O)c3CC)C[C@H]([C@]2(O)CCC[C@H]3CC(=O)CC[C@H]32)OC1=O. The zero-order chi connectivity index (χ0) is 32.6. The van der Waals surface area contributed by atoms with Crippen molar-refractivity contribution >= 4 is 17.7 Å². The first-order valence-corrected chi connectivity index (χ1v) is 16.5. The molecule has 0 saturated heterocycles. The molecule has 0 unspecified atom stereocenters. The van der Waals surface area contributed by atoms with E-state index >= 15 is 0 Å². The van der Waals surface area contributed by atoms with E-state index in [0.29, 0.717) is 72.1 Å². The molecule has 2 aliphatic carbocycles. The molecule has 0 radical (unpaired) electrons. The van der Waals surface area contributed by atoms with Crippen LogP contribution in [0.25, 0.3) is 0 Å². The molecule has 0 aromatic heterocycles. The van der Waals surface area contributed by atoms with Crippen molar-refractivity contribution in [3.05, 3.63) is 69.8 Å². The molecule has 6 rings (SSSR count). The first-order chi connectivity index (χ1) is 22.1. The Morgan fingerprint density at radius 3 is 2.61 bits per heavy atom. The fourth-order valence-electron chi connectivity index (χ4n) is 8.13. The molecule has 2 fully saturated rings. The van der Waals surface area contributed by atoms with Crippen LogP contribution in [0, 0.1) is 23.7 Å². The van der Waals surface area contributed by atoms with Gasteiger partial charge in [0, 0.05) is 41.9 Å². The number of aliphatic hydroxyl groups excluding tert-OH is 1.